The number of rotatable bonds is 3. The van der Waals surface area contributed by atoms with Crippen molar-refractivity contribution in [1.29, 1.82) is 0 Å². The molecule has 1 saturated heterocycles. The van der Waals surface area contributed by atoms with Gasteiger partial charge in [0, 0.05) is 19.2 Å². The Morgan fingerprint density at radius 1 is 1.38 bits per heavy atom. The van der Waals surface area contributed by atoms with Crippen LogP contribution in [0.2, 0.25) is 0 Å². The summed E-state index contributed by atoms with van der Waals surface area (Å²) in [6, 6.07) is 1.22. The summed E-state index contributed by atoms with van der Waals surface area (Å²) in [5.41, 5.74) is -0.564. The summed E-state index contributed by atoms with van der Waals surface area (Å²) in [5, 5.41) is 13.5. The zero-order chi connectivity index (χ0) is 11.7. The summed E-state index contributed by atoms with van der Waals surface area (Å²) >= 11 is 0. The molecule has 2 rings (SSSR count). The Morgan fingerprint density at radius 2 is 2.00 bits per heavy atom. The predicted molar refractivity (Wildman–Crippen MR) is 50.3 cm³/mol. The van der Waals surface area contributed by atoms with E-state index >= 15 is 0 Å². The lowest BCUT2D eigenvalue weighted by atomic mass is 10.2. The number of nitro groups is 1. The highest BCUT2D eigenvalue weighted by Gasteiger charge is 2.25. The van der Waals surface area contributed by atoms with Gasteiger partial charge in [-0.1, -0.05) is 0 Å². The van der Waals surface area contributed by atoms with E-state index in [0.717, 1.165) is 0 Å². The number of hydrogen-bond acceptors (Lipinski definition) is 4. The molecule has 1 fully saturated rings. The number of benzene rings is 1. The number of halogens is 2. The van der Waals surface area contributed by atoms with Crippen molar-refractivity contribution >= 4 is 5.69 Å². The standard InChI is InChI=1S/C9H8F2N2O3/c10-6-1-8(13(14)15)9(2-7(6)11)16-5-3-12-4-5/h1-2,5,12H,3-4H2. The normalized spacial score (nSPS) is 15.6. The van der Waals surface area contributed by atoms with Crippen LogP contribution in [-0.2, 0) is 0 Å². The maximum atomic E-state index is 12.9. The highest BCUT2D eigenvalue weighted by molar-refractivity contribution is 5.47. The summed E-state index contributed by atoms with van der Waals surface area (Å²) in [6.45, 7) is 1.08. The van der Waals surface area contributed by atoms with Crippen LogP contribution in [0.15, 0.2) is 12.1 Å². The molecule has 1 aromatic carbocycles. The number of ether oxygens (including phenoxy) is 1. The topological polar surface area (TPSA) is 64.4 Å². The van der Waals surface area contributed by atoms with Gasteiger partial charge in [0.15, 0.2) is 11.6 Å². The molecule has 1 aromatic rings. The van der Waals surface area contributed by atoms with Crippen LogP contribution >= 0.6 is 0 Å². The van der Waals surface area contributed by atoms with Crippen LogP contribution in [0.4, 0.5) is 14.5 Å². The second-order valence-corrected chi connectivity index (χ2v) is 3.39. The Kier molecular flexibility index (Phi) is 2.69. The lowest BCUT2D eigenvalue weighted by Crippen LogP contribution is -2.50. The first-order chi connectivity index (χ1) is 7.58. The van der Waals surface area contributed by atoms with E-state index in [1.807, 2.05) is 0 Å². The third-order valence-corrected chi connectivity index (χ3v) is 2.24. The van der Waals surface area contributed by atoms with Crippen LogP contribution < -0.4 is 10.1 Å². The average Bonchev–Trinajstić information content (AvgIpc) is 2.16. The maximum absolute atomic E-state index is 12.9. The third-order valence-electron chi connectivity index (χ3n) is 2.24. The van der Waals surface area contributed by atoms with Gasteiger partial charge >= 0.3 is 5.69 Å². The van der Waals surface area contributed by atoms with Crippen molar-refractivity contribution in [3.63, 3.8) is 0 Å². The molecule has 0 unspecified atom stereocenters. The van der Waals surface area contributed by atoms with Crippen molar-refractivity contribution in [2.45, 2.75) is 6.10 Å². The predicted octanol–water partition coefficient (Wildman–Crippen LogP) is 1.22. The van der Waals surface area contributed by atoms with Crippen molar-refractivity contribution in [3.05, 3.63) is 33.9 Å². The van der Waals surface area contributed by atoms with E-state index in [-0.39, 0.29) is 11.9 Å². The molecule has 0 bridgehead atoms. The molecule has 86 valence electrons. The minimum Gasteiger partial charge on any atom is -0.481 e. The van der Waals surface area contributed by atoms with Crippen molar-refractivity contribution in [3.8, 4) is 5.75 Å². The summed E-state index contributed by atoms with van der Waals surface area (Å²) in [4.78, 5) is 9.79. The molecule has 0 spiro atoms. The van der Waals surface area contributed by atoms with Gasteiger partial charge in [0.25, 0.3) is 0 Å². The van der Waals surface area contributed by atoms with E-state index in [9.17, 15) is 18.9 Å². The van der Waals surface area contributed by atoms with Gasteiger partial charge < -0.3 is 10.1 Å². The van der Waals surface area contributed by atoms with Crippen LogP contribution in [0, 0.1) is 21.7 Å². The van der Waals surface area contributed by atoms with Gasteiger partial charge in [-0.2, -0.15) is 0 Å². The Balaban J connectivity index is 2.32. The fraction of sp³-hybridized carbons (Fsp3) is 0.333. The summed E-state index contributed by atoms with van der Waals surface area (Å²) < 4.78 is 30.9. The second-order valence-electron chi connectivity index (χ2n) is 3.39. The number of nitrogens with zero attached hydrogens (tertiary/aromatic N) is 1. The number of nitrogens with one attached hydrogen (secondary N) is 1. The molecule has 0 aliphatic carbocycles. The average molecular weight is 230 g/mol. The molecular formula is C9H8F2N2O3. The van der Waals surface area contributed by atoms with Gasteiger partial charge in [0.05, 0.1) is 11.0 Å². The van der Waals surface area contributed by atoms with E-state index in [1.165, 1.54) is 0 Å². The molecule has 0 atom stereocenters. The Hall–Kier alpha value is -1.76. The van der Waals surface area contributed by atoms with E-state index in [2.05, 4.69) is 5.32 Å². The van der Waals surface area contributed by atoms with E-state index < -0.39 is 22.2 Å². The Labute approximate surface area is 89.2 Å². The lowest BCUT2D eigenvalue weighted by molar-refractivity contribution is -0.386. The molecule has 16 heavy (non-hydrogen) atoms. The molecule has 0 radical (unpaired) electrons. The maximum Gasteiger partial charge on any atom is 0.314 e. The van der Waals surface area contributed by atoms with Crippen molar-refractivity contribution in [2.24, 2.45) is 0 Å². The summed E-state index contributed by atoms with van der Waals surface area (Å²) in [7, 11) is 0. The fourth-order valence-electron chi connectivity index (χ4n) is 1.28. The molecule has 0 amide bonds. The third kappa shape index (κ3) is 1.94. The fourth-order valence-corrected chi connectivity index (χ4v) is 1.28. The molecule has 1 aliphatic heterocycles. The minimum absolute atomic E-state index is 0.233. The highest BCUT2D eigenvalue weighted by Crippen LogP contribution is 2.30. The van der Waals surface area contributed by atoms with Crippen LogP contribution in [-0.4, -0.2) is 24.1 Å². The lowest BCUT2D eigenvalue weighted by Gasteiger charge is -2.27. The van der Waals surface area contributed by atoms with Crippen LogP contribution in [0.1, 0.15) is 0 Å². The van der Waals surface area contributed by atoms with Gasteiger partial charge in [-0.15, -0.1) is 0 Å². The number of hydrogen-bond donors (Lipinski definition) is 1. The van der Waals surface area contributed by atoms with Crippen LogP contribution in [0.3, 0.4) is 0 Å². The Morgan fingerprint density at radius 3 is 2.50 bits per heavy atom. The SMILES string of the molecule is O=[N+]([O-])c1cc(F)c(F)cc1OC1CNC1. The zero-order valence-electron chi connectivity index (χ0n) is 8.07. The summed E-state index contributed by atoms with van der Waals surface area (Å²) in [5.74, 6) is -2.66. The van der Waals surface area contributed by atoms with E-state index in [1.54, 1.807) is 0 Å². The van der Waals surface area contributed by atoms with E-state index in [0.29, 0.717) is 25.2 Å². The van der Waals surface area contributed by atoms with Crippen molar-refractivity contribution in [2.75, 3.05) is 13.1 Å². The van der Waals surface area contributed by atoms with Crippen molar-refractivity contribution < 1.29 is 18.4 Å². The first-order valence-electron chi connectivity index (χ1n) is 4.58. The largest absolute Gasteiger partial charge is 0.481 e. The molecule has 0 aromatic heterocycles. The first kappa shape index (κ1) is 10.7. The smallest absolute Gasteiger partial charge is 0.314 e. The minimum atomic E-state index is -1.26. The van der Waals surface area contributed by atoms with Gasteiger partial charge in [-0.3, -0.25) is 10.1 Å². The number of nitro benzene ring substituents is 1. The molecular weight excluding hydrogens is 222 g/mol. The van der Waals surface area contributed by atoms with Gasteiger partial charge in [0.1, 0.15) is 6.10 Å². The monoisotopic (exact) mass is 230 g/mol. The second kappa shape index (κ2) is 4.01. The Bertz CT molecular complexity index is 435. The molecule has 1 heterocycles. The molecule has 1 N–H and O–H groups in total. The molecule has 7 heteroatoms. The van der Waals surface area contributed by atoms with Crippen LogP contribution in [0.25, 0.3) is 0 Å². The molecule has 5 nitrogen and oxygen atoms in total. The van der Waals surface area contributed by atoms with Gasteiger partial charge in [0.2, 0.25) is 5.75 Å². The molecule has 0 saturated carbocycles. The van der Waals surface area contributed by atoms with Gasteiger partial charge in [-0.05, 0) is 0 Å². The first-order valence-corrected chi connectivity index (χ1v) is 4.58. The van der Waals surface area contributed by atoms with Crippen LogP contribution in [0.5, 0.6) is 5.75 Å². The zero-order valence-corrected chi connectivity index (χ0v) is 8.07. The quantitative estimate of drug-likeness (QED) is 0.626. The summed E-state index contributed by atoms with van der Waals surface area (Å²) in [6.07, 6.45) is -0.233. The van der Waals surface area contributed by atoms with Gasteiger partial charge in [-0.25, -0.2) is 8.78 Å². The molecule has 1 aliphatic rings. The highest BCUT2D eigenvalue weighted by atomic mass is 19.2. The van der Waals surface area contributed by atoms with E-state index in [4.69, 9.17) is 4.74 Å². The van der Waals surface area contributed by atoms with Crippen molar-refractivity contribution in [1.82, 2.24) is 5.32 Å².